The first-order valence-corrected chi connectivity index (χ1v) is 11.2. The molecule has 1 amide bonds. The Hall–Kier alpha value is -2.07. The fourth-order valence-corrected chi connectivity index (χ4v) is 5.14. The molecule has 0 unspecified atom stereocenters. The molecule has 1 N–H and O–H groups in total. The summed E-state index contributed by atoms with van der Waals surface area (Å²) in [5.41, 5.74) is 0.578. The molecule has 0 atom stereocenters. The average molecular weight is 458 g/mol. The van der Waals surface area contributed by atoms with E-state index in [4.69, 9.17) is 11.6 Å². The van der Waals surface area contributed by atoms with Gasteiger partial charge >= 0.3 is 0 Å². The predicted molar refractivity (Wildman–Crippen MR) is 111 cm³/mol. The molecule has 0 radical (unpaired) electrons. The second-order valence-electron chi connectivity index (χ2n) is 7.09. The molecule has 0 saturated carbocycles. The lowest BCUT2D eigenvalue weighted by Gasteiger charge is -2.22. The van der Waals surface area contributed by atoms with Crippen LogP contribution in [0.1, 0.15) is 18.9 Å². The van der Waals surface area contributed by atoms with Gasteiger partial charge in [0.15, 0.2) is 0 Å². The average Bonchev–Trinajstić information content (AvgIpc) is 2.92. The van der Waals surface area contributed by atoms with Crippen molar-refractivity contribution in [3.63, 3.8) is 0 Å². The van der Waals surface area contributed by atoms with E-state index in [0.717, 1.165) is 18.2 Å². The minimum Gasteiger partial charge on any atom is -0.325 e. The van der Waals surface area contributed by atoms with Crippen LogP contribution >= 0.6 is 11.6 Å². The number of halogens is 3. The SMILES string of the molecule is CC(=O)Nc1ccc(S(=O)(=O)N2CCCN(Cc3cc(F)ccc3F)CC2)cc1Cl. The molecular weight excluding hydrogens is 436 g/mol. The fourth-order valence-electron chi connectivity index (χ4n) is 3.35. The van der Waals surface area contributed by atoms with Crippen LogP contribution in [0.2, 0.25) is 5.02 Å². The molecule has 0 spiro atoms. The molecule has 10 heteroatoms. The van der Waals surface area contributed by atoms with Gasteiger partial charge in [-0.15, -0.1) is 0 Å². The number of carbonyl (C=O) groups is 1. The van der Waals surface area contributed by atoms with Gasteiger partial charge in [0.1, 0.15) is 11.6 Å². The molecule has 0 bridgehead atoms. The largest absolute Gasteiger partial charge is 0.325 e. The summed E-state index contributed by atoms with van der Waals surface area (Å²) in [4.78, 5) is 13.1. The zero-order valence-corrected chi connectivity index (χ0v) is 17.9. The molecule has 6 nitrogen and oxygen atoms in total. The normalized spacial score (nSPS) is 16.3. The van der Waals surface area contributed by atoms with Crippen molar-refractivity contribution in [2.24, 2.45) is 0 Å². The summed E-state index contributed by atoms with van der Waals surface area (Å²) >= 11 is 6.12. The number of nitrogens with zero attached hydrogens (tertiary/aromatic N) is 2. The maximum atomic E-state index is 13.9. The van der Waals surface area contributed by atoms with Crippen LogP contribution in [0.25, 0.3) is 0 Å². The number of benzene rings is 2. The van der Waals surface area contributed by atoms with Crippen molar-refractivity contribution in [2.75, 3.05) is 31.5 Å². The number of amides is 1. The summed E-state index contributed by atoms with van der Waals surface area (Å²) in [6.07, 6.45) is 0.549. The molecule has 162 valence electrons. The second kappa shape index (κ2) is 9.38. The van der Waals surface area contributed by atoms with Gasteiger partial charge < -0.3 is 5.32 Å². The fraction of sp³-hybridized carbons (Fsp3) is 0.350. The standard InChI is InChI=1S/C20H22ClF2N3O3S/c1-14(27)24-20-6-4-17(12-18(20)21)30(28,29)26-8-2-7-25(9-10-26)13-15-11-16(22)3-5-19(15)23/h3-6,11-12H,2,7-10,13H2,1H3,(H,24,27). The molecular formula is C20H22ClF2N3O3S. The Kier molecular flexibility index (Phi) is 7.07. The number of hydrogen-bond donors (Lipinski definition) is 1. The van der Waals surface area contributed by atoms with E-state index in [1.807, 2.05) is 4.90 Å². The molecule has 30 heavy (non-hydrogen) atoms. The molecule has 2 aromatic rings. The van der Waals surface area contributed by atoms with Gasteiger partial charge in [0.05, 0.1) is 15.6 Å². The van der Waals surface area contributed by atoms with Gasteiger partial charge in [-0.3, -0.25) is 9.69 Å². The third kappa shape index (κ3) is 5.34. The number of carbonyl (C=O) groups excluding carboxylic acids is 1. The number of sulfonamides is 1. The maximum absolute atomic E-state index is 13.9. The highest BCUT2D eigenvalue weighted by atomic mass is 35.5. The number of hydrogen-bond acceptors (Lipinski definition) is 4. The van der Waals surface area contributed by atoms with E-state index in [2.05, 4.69) is 5.32 Å². The van der Waals surface area contributed by atoms with E-state index in [9.17, 15) is 22.0 Å². The van der Waals surface area contributed by atoms with Crippen LogP contribution in [0.4, 0.5) is 14.5 Å². The monoisotopic (exact) mass is 457 g/mol. The van der Waals surface area contributed by atoms with E-state index in [1.165, 1.54) is 29.4 Å². The van der Waals surface area contributed by atoms with Gasteiger partial charge in [0, 0.05) is 38.7 Å². The first kappa shape index (κ1) is 22.6. The van der Waals surface area contributed by atoms with Crippen molar-refractivity contribution in [2.45, 2.75) is 24.8 Å². The van der Waals surface area contributed by atoms with Gasteiger partial charge in [-0.2, -0.15) is 4.31 Å². The number of anilines is 1. The molecule has 1 saturated heterocycles. The molecule has 0 aliphatic carbocycles. The van der Waals surface area contributed by atoms with E-state index in [0.29, 0.717) is 31.7 Å². The number of nitrogens with one attached hydrogen (secondary N) is 1. The van der Waals surface area contributed by atoms with Gasteiger partial charge in [0.25, 0.3) is 0 Å². The Morgan fingerprint density at radius 1 is 1.10 bits per heavy atom. The van der Waals surface area contributed by atoms with Crippen LogP contribution in [-0.2, 0) is 21.4 Å². The summed E-state index contributed by atoms with van der Waals surface area (Å²) < 4.78 is 54.8. The zero-order valence-electron chi connectivity index (χ0n) is 16.4. The topological polar surface area (TPSA) is 69.7 Å². The van der Waals surface area contributed by atoms with Crippen molar-refractivity contribution in [1.82, 2.24) is 9.21 Å². The lowest BCUT2D eigenvalue weighted by molar-refractivity contribution is -0.114. The van der Waals surface area contributed by atoms with E-state index >= 15 is 0 Å². The minimum atomic E-state index is -3.79. The smallest absolute Gasteiger partial charge is 0.243 e. The zero-order chi connectivity index (χ0) is 21.9. The summed E-state index contributed by atoms with van der Waals surface area (Å²) in [7, 11) is -3.79. The van der Waals surface area contributed by atoms with E-state index < -0.39 is 21.7 Å². The molecule has 1 aliphatic rings. The molecule has 3 rings (SSSR count). The van der Waals surface area contributed by atoms with Crippen molar-refractivity contribution in [1.29, 1.82) is 0 Å². The van der Waals surface area contributed by atoms with Crippen LogP contribution < -0.4 is 5.32 Å². The van der Waals surface area contributed by atoms with Crippen molar-refractivity contribution >= 4 is 33.2 Å². The van der Waals surface area contributed by atoms with Crippen molar-refractivity contribution in [3.05, 3.63) is 58.6 Å². The summed E-state index contributed by atoms with van der Waals surface area (Å²) in [5.74, 6) is -1.31. The highest BCUT2D eigenvalue weighted by Crippen LogP contribution is 2.27. The highest BCUT2D eigenvalue weighted by molar-refractivity contribution is 7.89. The van der Waals surface area contributed by atoms with Crippen molar-refractivity contribution in [3.8, 4) is 0 Å². The van der Waals surface area contributed by atoms with Gasteiger partial charge in [-0.05, 0) is 49.4 Å². The minimum absolute atomic E-state index is 0.0335. The Morgan fingerprint density at radius 2 is 1.87 bits per heavy atom. The first-order valence-electron chi connectivity index (χ1n) is 9.40. The maximum Gasteiger partial charge on any atom is 0.243 e. The summed E-state index contributed by atoms with van der Waals surface area (Å²) in [6, 6.07) is 7.48. The van der Waals surface area contributed by atoms with Crippen LogP contribution in [0.3, 0.4) is 0 Å². The molecule has 1 fully saturated rings. The van der Waals surface area contributed by atoms with Crippen LogP contribution in [0.5, 0.6) is 0 Å². The van der Waals surface area contributed by atoms with Crippen LogP contribution in [0.15, 0.2) is 41.3 Å². The molecule has 1 aliphatic heterocycles. The molecule has 1 heterocycles. The van der Waals surface area contributed by atoms with E-state index in [1.54, 1.807) is 0 Å². The Morgan fingerprint density at radius 3 is 2.57 bits per heavy atom. The van der Waals surface area contributed by atoms with Crippen molar-refractivity contribution < 1.29 is 22.0 Å². The third-order valence-electron chi connectivity index (χ3n) is 4.84. The summed E-state index contributed by atoms with van der Waals surface area (Å²) in [5, 5.41) is 2.66. The Labute approximate surface area is 179 Å². The lowest BCUT2D eigenvalue weighted by atomic mass is 10.2. The summed E-state index contributed by atoms with van der Waals surface area (Å²) in [6.45, 7) is 2.99. The number of rotatable bonds is 5. The van der Waals surface area contributed by atoms with Gasteiger partial charge in [0.2, 0.25) is 15.9 Å². The Bertz CT molecular complexity index is 1050. The predicted octanol–water partition coefficient (Wildman–Crippen LogP) is 3.47. The first-order chi connectivity index (χ1) is 14.2. The quantitative estimate of drug-likeness (QED) is 0.746. The Balaban J connectivity index is 1.71. The molecule has 0 aromatic heterocycles. The third-order valence-corrected chi connectivity index (χ3v) is 7.05. The van der Waals surface area contributed by atoms with Crippen LogP contribution in [-0.4, -0.2) is 49.7 Å². The van der Waals surface area contributed by atoms with Gasteiger partial charge in [-0.25, -0.2) is 17.2 Å². The highest BCUT2D eigenvalue weighted by Gasteiger charge is 2.27. The van der Waals surface area contributed by atoms with Crippen LogP contribution in [0, 0.1) is 11.6 Å². The second-order valence-corrected chi connectivity index (χ2v) is 9.44. The van der Waals surface area contributed by atoms with E-state index in [-0.39, 0.29) is 34.5 Å². The lowest BCUT2D eigenvalue weighted by Crippen LogP contribution is -2.35. The molecule has 2 aromatic carbocycles. The van der Waals surface area contributed by atoms with Gasteiger partial charge in [-0.1, -0.05) is 11.6 Å².